The Bertz CT molecular complexity index is 756. The fourth-order valence-electron chi connectivity index (χ4n) is 1.63. The van der Waals surface area contributed by atoms with Crippen LogP contribution < -0.4 is 10.5 Å². The summed E-state index contributed by atoms with van der Waals surface area (Å²) in [5, 5.41) is 0. The van der Waals surface area contributed by atoms with Gasteiger partial charge in [0, 0.05) is 11.9 Å². The second-order valence-corrected chi connectivity index (χ2v) is 6.01. The Balaban J connectivity index is 2.16. The maximum absolute atomic E-state index is 12.2. The van der Waals surface area contributed by atoms with Crippen LogP contribution in [-0.2, 0) is 14.8 Å². The third kappa shape index (κ3) is 3.73. The van der Waals surface area contributed by atoms with E-state index >= 15 is 0 Å². The number of hydrogen-bond donors (Lipinski definition) is 2. The molecule has 0 bridgehead atoms. The summed E-state index contributed by atoms with van der Waals surface area (Å²) in [5.74, 6) is -0.409. The summed E-state index contributed by atoms with van der Waals surface area (Å²) >= 11 is 0. The molecular weight excluding hydrogens is 306 g/mol. The highest BCUT2D eigenvalue weighted by Crippen LogP contribution is 2.16. The van der Waals surface area contributed by atoms with Gasteiger partial charge in [-0.3, -0.25) is 4.72 Å². The van der Waals surface area contributed by atoms with Crippen LogP contribution in [0, 0.1) is 0 Å². The fourth-order valence-corrected chi connectivity index (χ4v) is 2.64. The van der Waals surface area contributed by atoms with Gasteiger partial charge in [-0.1, -0.05) is 0 Å². The first-order valence-corrected chi connectivity index (χ1v) is 7.92. The van der Waals surface area contributed by atoms with Gasteiger partial charge in [0.15, 0.2) is 0 Å². The number of sulfonamides is 1. The SMILES string of the molecule is CCOC(=O)c1ccc(NS(=O)(=O)c2ccc(N)cc2)nc1. The number of nitrogens with one attached hydrogen (secondary N) is 1. The van der Waals surface area contributed by atoms with Crippen molar-refractivity contribution in [1.29, 1.82) is 0 Å². The van der Waals surface area contributed by atoms with E-state index in [0.717, 1.165) is 0 Å². The van der Waals surface area contributed by atoms with Crippen molar-refractivity contribution >= 4 is 27.5 Å². The van der Waals surface area contributed by atoms with Gasteiger partial charge in [0.05, 0.1) is 17.1 Å². The molecule has 0 aliphatic rings. The molecule has 0 aliphatic carbocycles. The zero-order valence-electron chi connectivity index (χ0n) is 11.8. The van der Waals surface area contributed by atoms with Gasteiger partial charge in [0.25, 0.3) is 10.0 Å². The molecule has 0 saturated carbocycles. The average Bonchev–Trinajstić information content (AvgIpc) is 2.48. The Morgan fingerprint density at radius 2 is 1.91 bits per heavy atom. The van der Waals surface area contributed by atoms with E-state index in [1.54, 1.807) is 6.92 Å². The van der Waals surface area contributed by atoms with Crippen LogP contribution >= 0.6 is 0 Å². The zero-order chi connectivity index (χ0) is 16.2. The molecule has 116 valence electrons. The van der Waals surface area contributed by atoms with E-state index in [9.17, 15) is 13.2 Å². The third-order valence-electron chi connectivity index (χ3n) is 2.70. The molecule has 0 spiro atoms. The molecule has 2 aromatic rings. The lowest BCUT2D eigenvalue weighted by molar-refractivity contribution is 0.0526. The van der Waals surface area contributed by atoms with Crippen LogP contribution in [-0.4, -0.2) is 26.0 Å². The number of pyridine rings is 1. The summed E-state index contributed by atoms with van der Waals surface area (Å²) in [7, 11) is -3.76. The molecule has 2 rings (SSSR count). The standard InChI is InChI=1S/C14H15N3O4S/c1-2-21-14(18)10-3-8-13(16-9-10)17-22(19,20)12-6-4-11(15)5-7-12/h3-9H,2,15H2,1H3,(H,16,17). The van der Waals surface area contributed by atoms with Crippen LogP contribution in [0.25, 0.3) is 0 Å². The quantitative estimate of drug-likeness (QED) is 0.639. The first-order chi connectivity index (χ1) is 10.4. The van der Waals surface area contributed by atoms with E-state index in [0.29, 0.717) is 5.69 Å². The molecule has 1 aromatic heterocycles. The van der Waals surface area contributed by atoms with Gasteiger partial charge in [-0.2, -0.15) is 0 Å². The van der Waals surface area contributed by atoms with Crippen LogP contribution in [0.15, 0.2) is 47.5 Å². The molecule has 0 atom stereocenters. The van der Waals surface area contributed by atoms with E-state index < -0.39 is 16.0 Å². The number of carbonyl (C=O) groups is 1. The number of nitrogens with two attached hydrogens (primary N) is 1. The lowest BCUT2D eigenvalue weighted by Crippen LogP contribution is -2.14. The molecule has 22 heavy (non-hydrogen) atoms. The number of nitrogen functional groups attached to an aromatic ring is 1. The number of aromatic nitrogens is 1. The maximum Gasteiger partial charge on any atom is 0.339 e. The summed E-state index contributed by atoms with van der Waals surface area (Å²) in [4.78, 5) is 15.4. The molecule has 1 heterocycles. The molecule has 3 N–H and O–H groups in total. The van der Waals surface area contributed by atoms with Crippen LogP contribution in [0.5, 0.6) is 0 Å². The molecule has 0 aliphatic heterocycles. The van der Waals surface area contributed by atoms with Crippen LogP contribution in [0.4, 0.5) is 11.5 Å². The highest BCUT2D eigenvalue weighted by molar-refractivity contribution is 7.92. The number of rotatable bonds is 5. The van der Waals surface area contributed by atoms with Gasteiger partial charge in [0.2, 0.25) is 0 Å². The van der Waals surface area contributed by atoms with E-state index in [-0.39, 0.29) is 22.9 Å². The minimum atomic E-state index is -3.76. The van der Waals surface area contributed by atoms with Gasteiger partial charge in [-0.05, 0) is 43.3 Å². The van der Waals surface area contributed by atoms with Crippen molar-refractivity contribution in [3.63, 3.8) is 0 Å². The Kier molecular flexibility index (Phi) is 4.62. The number of anilines is 2. The van der Waals surface area contributed by atoms with Gasteiger partial charge in [-0.25, -0.2) is 18.2 Å². The van der Waals surface area contributed by atoms with E-state index in [1.807, 2.05) is 0 Å². The van der Waals surface area contributed by atoms with Gasteiger partial charge in [-0.15, -0.1) is 0 Å². The van der Waals surface area contributed by atoms with E-state index in [2.05, 4.69) is 9.71 Å². The van der Waals surface area contributed by atoms with E-state index in [4.69, 9.17) is 10.5 Å². The molecule has 0 saturated heterocycles. The summed E-state index contributed by atoms with van der Waals surface area (Å²) in [6, 6.07) is 8.60. The molecule has 0 unspecified atom stereocenters. The van der Waals surface area contributed by atoms with Crippen LogP contribution in [0.3, 0.4) is 0 Å². The van der Waals surface area contributed by atoms with Crippen molar-refractivity contribution < 1.29 is 17.9 Å². The average molecular weight is 321 g/mol. The van der Waals surface area contributed by atoms with E-state index in [1.165, 1.54) is 42.6 Å². The lowest BCUT2D eigenvalue weighted by atomic mass is 10.3. The molecular formula is C14H15N3O4S. The molecule has 8 heteroatoms. The highest BCUT2D eigenvalue weighted by atomic mass is 32.2. The van der Waals surface area contributed by atoms with Crippen molar-refractivity contribution in [1.82, 2.24) is 4.98 Å². The topological polar surface area (TPSA) is 111 Å². The first kappa shape index (κ1) is 15.8. The van der Waals surface area contributed by atoms with Gasteiger partial charge >= 0.3 is 5.97 Å². The normalized spacial score (nSPS) is 11.0. The number of esters is 1. The third-order valence-corrected chi connectivity index (χ3v) is 4.07. The van der Waals surface area contributed by atoms with Crippen molar-refractivity contribution in [3.8, 4) is 0 Å². The zero-order valence-corrected chi connectivity index (χ0v) is 12.6. The number of nitrogens with zero attached hydrogens (tertiary/aromatic N) is 1. The molecule has 1 aromatic carbocycles. The van der Waals surface area contributed by atoms with Crippen LogP contribution in [0.1, 0.15) is 17.3 Å². The number of ether oxygens (including phenoxy) is 1. The predicted molar refractivity (Wildman–Crippen MR) is 81.9 cm³/mol. The smallest absolute Gasteiger partial charge is 0.339 e. The number of carbonyl (C=O) groups excluding carboxylic acids is 1. The second kappa shape index (κ2) is 6.44. The minimum Gasteiger partial charge on any atom is -0.462 e. The van der Waals surface area contributed by atoms with Gasteiger partial charge < -0.3 is 10.5 Å². The lowest BCUT2D eigenvalue weighted by Gasteiger charge is -2.08. The Morgan fingerprint density at radius 3 is 2.45 bits per heavy atom. The summed E-state index contributed by atoms with van der Waals surface area (Å²) in [5.41, 5.74) is 6.24. The molecule has 0 fully saturated rings. The Hall–Kier alpha value is -2.61. The second-order valence-electron chi connectivity index (χ2n) is 4.33. The minimum absolute atomic E-state index is 0.0676. The molecule has 0 radical (unpaired) electrons. The van der Waals surface area contributed by atoms with Crippen LogP contribution in [0.2, 0.25) is 0 Å². The van der Waals surface area contributed by atoms with Gasteiger partial charge in [0.1, 0.15) is 5.82 Å². The summed E-state index contributed by atoms with van der Waals surface area (Å²) in [6.07, 6.45) is 1.25. The summed E-state index contributed by atoms with van der Waals surface area (Å²) < 4.78 is 31.4. The number of hydrogen-bond acceptors (Lipinski definition) is 6. The monoisotopic (exact) mass is 321 g/mol. The highest BCUT2D eigenvalue weighted by Gasteiger charge is 2.15. The Labute approximate surface area is 128 Å². The van der Waals surface area contributed by atoms with Crippen molar-refractivity contribution in [3.05, 3.63) is 48.2 Å². The molecule has 0 amide bonds. The van der Waals surface area contributed by atoms with Crippen molar-refractivity contribution in [2.45, 2.75) is 11.8 Å². The first-order valence-electron chi connectivity index (χ1n) is 6.44. The van der Waals surface area contributed by atoms with Crippen molar-refractivity contribution in [2.75, 3.05) is 17.1 Å². The largest absolute Gasteiger partial charge is 0.462 e. The summed E-state index contributed by atoms with van der Waals surface area (Å²) in [6.45, 7) is 1.95. The Morgan fingerprint density at radius 1 is 1.23 bits per heavy atom. The maximum atomic E-state index is 12.2. The van der Waals surface area contributed by atoms with Crippen molar-refractivity contribution in [2.24, 2.45) is 0 Å². The fraction of sp³-hybridized carbons (Fsp3) is 0.143. The predicted octanol–water partition coefficient (Wildman–Crippen LogP) is 1.64. The number of benzene rings is 1. The molecule has 7 nitrogen and oxygen atoms in total.